The van der Waals surface area contributed by atoms with Crippen LogP contribution in [-0.4, -0.2) is 0 Å². The molecule has 0 N–H and O–H groups in total. The van der Waals surface area contributed by atoms with Crippen molar-refractivity contribution in [1.82, 2.24) is 0 Å². The van der Waals surface area contributed by atoms with E-state index in [4.69, 9.17) is 8.83 Å². The van der Waals surface area contributed by atoms with Crippen molar-refractivity contribution in [3.8, 4) is 22.3 Å². The van der Waals surface area contributed by atoms with Crippen LogP contribution in [0.5, 0.6) is 0 Å². The maximum absolute atomic E-state index is 6.64. The highest BCUT2D eigenvalue weighted by Crippen LogP contribution is 2.45. The number of rotatable bonds is 3. The first-order valence-electron chi connectivity index (χ1n) is 18.8. The van der Waals surface area contributed by atoms with E-state index in [-0.39, 0.29) is 5.92 Å². The molecule has 1 atom stereocenters. The first-order valence-corrected chi connectivity index (χ1v) is 18.8. The summed E-state index contributed by atoms with van der Waals surface area (Å²) >= 11 is 0. The van der Waals surface area contributed by atoms with Gasteiger partial charge in [0.25, 0.3) is 0 Å². The van der Waals surface area contributed by atoms with E-state index in [9.17, 15) is 0 Å². The summed E-state index contributed by atoms with van der Waals surface area (Å²) in [4.78, 5) is 0. The van der Waals surface area contributed by atoms with E-state index in [2.05, 4.69) is 164 Å². The fourth-order valence-electron chi connectivity index (χ4n) is 9.22. The lowest BCUT2D eigenvalue weighted by molar-refractivity contribution is 0.573. The third-order valence-corrected chi connectivity index (χ3v) is 11.7. The standard InChI is InChI=1S/C52H32O2/c1-2-11-32-26-37(21-20-31(32)10-1)51-41-17-5-3-15-39(41)50(40-16-4-6-18-42(40)51)36-13-9-12-33(27-36)34-23-25-48-46(28-34)43-24-22-35-29-45-38-14-7-8-19-47(38)53-49(45)30-44(35)52(43)54-48/h1-22,24-30,34H,23H2. The molecule has 0 saturated carbocycles. The molecule has 2 heteroatoms. The Kier molecular flexibility index (Phi) is 6.20. The Morgan fingerprint density at radius 2 is 1.07 bits per heavy atom. The summed E-state index contributed by atoms with van der Waals surface area (Å²) < 4.78 is 12.9. The smallest absolute Gasteiger partial charge is 0.143 e. The van der Waals surface area contributed by atoms with E-state index >= 15 is 0 Å². The molecule has 54 heavy (non-hydrogen) atoms. The van der Waals surface area contributed by atoms with Gasteiger partial charge in [-0.25, -0.2) is 0 Å². The van der Waals surface area contributed by atoms with Crippen LogP contribution in [0.4, 0.5) is 0 Å². The fourth-order valence-corrected chi connectivity index (χ4v) is 9.22. The molecule has 0 amide bonds. The van der Waals surface area contributed by atoms with Gasteiger partial charge in [0, 0.05) is 32.7 Å². The molecule has 0 aliphatic heterocycles. The van der Waals surface area contributed by atoms with Crippen LogP contribution in [0, 0.1) is 0 Å². The molecule has 1 aliphatic carbocycles. The monoisotopic (exact) mass is 688 g/mol. The van der Waals surface area contributed by atoms with Crippen molar-refractivity contribution in [3.63, 3.8) is 0 Å². The van der Waals surface area contributed by atoms with Gasteiger partial charge in [-0.2, -0.15) is 0 Å². The third kappa shape index (κ3) is 4.34. The van der Waals surface area contributed by atoms with E-state index in [1.165, 1.54) is 65.4 Å². The van der Waals surface area contributed by atoms with Gasteiger partial charge in [0.2, 0.25) is 0 Å². The summed E-state index contributed by atoms with van der Waals surface area (Å²) in [6, 6.07) is 59.7. The van der Waals surface area contributed by atoms with Crippen molar-refractivity contribution in [2.75, 3.05) is 0 Å². The maximum Gasteiger partial charge on any atom is 0.143 e. The van der Waals surface area contributed by atoms with Crippen molar-refractivity contribution in [2.45, 2.75) is 12.3 Å². The molecule has 11 aromatic rings. The van der Waals surface area contributed by atoms with Gasteiger partial charge < -0.3 is 8.83 Å². The summed E-state index contributed by atoms with van der Waals surface area (Å²) in [5, 5.41) is 14.4. The van der Waals surface area contributed by atoms with E-state index in [0.717, 1.165) is 55.5 Å². The average Bonchev–Trinajstić information content (AvgIpc) is 3.79. The van der Waals surface area contributed by atoms with Crippen LogP contribution in [0.3, 0.4) is 0 Å². The lowest BCUT2D eigenvalue weighted by atomic mass is 9.84. The summed E-state index contributed by atoms with van der Waals surface area (Å²) in [5.74, 6) is 0.223. The molecular weight excluding hydrogens is 657 g/mol. The van der Waals surface area contributed by atoms with Gasteiger partial charge in [-0.3, -0.25) is 0 Å². The second kappa shape index (κ2) is 11.3. The normalized spacial score (nSPS) is 14.3. The second-order valence-corrected chi connectivity index (χ2v) is 14.7. The van der Waals surface area contributed by atoms with Crippen LogP contribution in [0.15, 0.2) is 173 Å². The molecule has 1 aliphatic rings. The van der Waals surface area contributed by atoms with Gasteiger partial charge >= 0.3 is 0 Å². The van der Waals surface area contributed by atoms with Crippen molar-refractivity contribution in [3.05, 3.63) is 180 Å². The molecule has 2 heterocycles. The molecule has 252 valence electrons. The molecule has 12 rings (SSSR count). The molecule has 0 radical (unpaired) electrons. The van der Waals surface area contributed by atoms with E-state index in [1.54, 1.807) is 0 Å². The Labute approximate surface area is 310 Å². The molecule has 0 bridgehead atoms. The van der Waals surface area contributed by atoms with Crippen LogP contribution < -0.4 is 10.6 Å². The van der Waals surface area contributed by atoms with Crippen molar-refractivity contribution < 1.29 is 8.83 Å². The highest BCUT2D eigenvalue weighted by Gasteiger charge is 2.20. The van der Waals surface area contributed by atoms with Crippen LogP contribution >= 0.6 is 0 Å². The molecular formula is C52H32O2. The minimum absolute atomic E-state index is 0.223. The number of furan rings is 2. The van der Waals surface area contributed by atoms with Crippen LogP contribution in [0.25, 0.3) is 110 Å². The zero-order chi connectivity index (χ0) is 35.3. The van der Waals surface area contributed by atoms with Crippen LogP contribution in [0.1, 0.15) is 17.9 Å². The topological polar surface area (TPSA) is 26.3 Å². The Balaban J connectivity index is 1.01. The van der Waals surface area contributed by atoms with Gasteiger partial charge in [-0.15, -0.1) is 0 Å². The number of para-hydroxylation sites is 1. The van der Waals surface area contributed by atoms with Gasteiger partial charge in [0.05, 0.1) is 0 Å². The van der Waals surface area contributed by atoms with Gasteiger partial charge in [-0.1, -0.05) is 140 Å². The predicted octanol–water partition coefficient (Wildman–Crippen LogP) is 13.0. The number of hydrogen-bond donors (Lipinski definition) is 0. The van der Waals surface area contributed by atoms with Crippen LogP contribution in [-0.2, 0) is 0 Å². The summed E-state index contributed by atoms with van der Waals surface area (Å²) in [6.07, 6.45) is 5.58. The minimum Gasteiger partial charge on any atom is -0.456 e. The Bertz CT molecular complexity index is 3430. The summed E-state index contributed by atoms with van der Waals surface area (Å²) in [7, 11) is 0. The minimum atomic E-state index is 0.223. The van der Waals surface area contributed by atoms with Crippen LogP contribution in [0.2, 0.25) is 0 Å². The third-order valence-electron chi connectivity index (χ3n) is 11.7. The largest absolute Gasteiger partial charge is 0.456 e. The quantitative estimate of drug-likeness (QED) is 0.173. The van der Waals surface area contributed by atoms with Gasteiger partial charge in [0.1, 0.15) is 22.2 Å². The Hall–Kier alpha value is -6.90. The lowest BCUT2D eigenvalue weighted by Gasteiger charge is -2.19. The first-order chi connectivity index (χ1) is 26.7. The SMILES string of the molecule is C1=c2oc3c(ccc4cc5c(cc43)oc3ccccc35)c2=CC(c2cccc(-c3c4ccccc4c(-c4ccc5ccccc5c4)c4ccccc34)c2)C1. The highest BCUT2D eigenvalue weighted by molar-refractivity contribution is 6.22. The first kappa shape index (κ1) is 29.7. The molecule has 0 saturated heterocycles. The Morgan fingerprint density at radius 3 is 1.85 bits per heavy atom. The van der Waals surface area contributed by atoms with E-state index < -0.39 is 0 Å². The number of benzene rings is 9. The maximum atomic E-state index is 6.64. The highest BCUT2D eigenvalue weighted by atomic mass is 16.3. The van der Waals surface area contributed by atoms with Gasteiger partial charge in [0.15, 0.2) is 0 Å². The Morgan fingerprint density at radius 1 is 0.407 bits per heavy atom. The molecule has 2 nitrogen and oxygen atoms in total. The van der Waals surface area contributed by atoms with Gasteiger partial charge in [-0.05, 0) is 108 Å². The zero-order valence-electron chi connectivity index (χ0n) is 29.3. The number of fused-ring (bicyclic) bond motifs is 11. The zero-order valence-corrected chi connectivity index (χ0v) is 29.3. The molecule has 0 spiro atoms. The number of hydrogen-bond acceptors (Lipinski definition) is 2. The predicted molar refractivity (Wildman–Crippen MR) is 226 cm³/mol. The van der Waals surface area contributed by atoms with Crippen molar-refractivity contribution >= 4 is 88.1 Å². The summed E-state index contributed by atoms with van der Waals surface area (Å²) in [6.45, 7) is 0. The molecule has 0 fully saturated rings. The average molecular weight is 689 g/mol. The lowest BCUT2D eigenvalue weighted by Crippen LogP contribution is -2.24. The molecule has 1 unspecified atom stereocenters. The molecule has 9 aromatic carbocycles. The second-order valence-electron chi connectivity index (χ2n) is 14.7. The fraction of sp³-hybridized carbons (Fsp3) is 0.0385. The summed E-state index contributed by atoms with van der Waals surface area (Å²) in [5.41, 5.74) is 10.0. The van der Waals surface area contributed by atoms with Crippen molar-refractivity contribution in [1.29, 1.82) is 0 Å². The van der Waals surface area contributed by atoms with E-state index in [1.807, 2.05) is 12.1 Å². The van der Waals surface area contributed by atoms with Crippen molar-refractivity contribution in [2.24, 2.45) is 0 Å². The molecule has 2 aromatic heterocycles. The van der Waals surface area contributed by atoms with E-state index in [0.29, 0.717) is 0 Å².